The molecule has 0 fully saturated rings. The van der Waals surface area contributed by atoms with Crippen LogP contribution in [0.3, 0.4) is 0 Å². The molecule has 4 aromatic carbocycles. The summed E-state index contributed by atoms with van der Waals surface area (Å²) in [5.41, 5.74) is -0.249. The number of rotatable bonds is 8. The zero-order chi connectivity index (χ0) is 48.3. The van der Waals surface area contributed by atoms with E-state index in [4.69, 9.17) is 24.2 Å². The zero-order valence-electron chi connectivity index (χ0n) is 35.6. The minimum Gasteiger partial charge on any atom is -0.457 e. The molecule has 1 aliphatic heterocycles. The molecule has 17 heteroatoms. The summed E-state index contributed by atoms with van der Waals surface area (Å²) in [4.78, 5) is 68.7. The summed E-state index contributed by atoms with van der Waals surface area (Å²) < 4.78 is 21.1. The van der Waals surface area contributed by atoms with Crippen LogP contribution in [0, 0.1) is 45.3 Å². The van der Waals surface area contributed by atoms with E-state index in [-0.39, 0.29) is 68.8 Å². The van der Waals surface area contributed by atoms with Gasteiger partial charge in [0, 0.05) is 27.0 Å². The summed E-state index contributed by atoms with van der Waals surface area (Å²) in [5.74, 6) is -2.90. The molecule has 3 aliphatic rings. The maximum absolute atomic E-state index is 15.2. The molecule has 70 heavy (non-hydrogen) atoms. The number of ether oxygens (including phenoxy) is 3. The Hall–Kier alpha value is -8.94. The smallest absolute Gasteiger partial charge is 0.367 e. The molecule has 4 aromatic heterocycles. The fourth-order valence-electron chi connectivity index (χ4n) is 8.54. The normalized spacial score (nSPS) is 15.0. The molecule has 13 nitrogen and oxygen atoms in total. The second-order valence-corrected chi connectivity index (χ2v) is 19.8. The quantitative estimate of drug-likeness (QED) is 0.0792. The van der Waals surface area contributed by atoms with Gasteiger partial charge in [-0.1, -0.05) is 109 Å². The Morgan fingerprint density at radius 1 is 0.543 bits per heavy atom. The highest BCUT2D eigenvalue weighted by Gasteiger charge is 2.60. The SMILES string of the molecule is N#CC(C#N)=C1/C(=N/c2cc3sc4c(c3s2)OC(C(=O)OCc2ccccc2)(C(=O)OCc2ccccc2)c2c-4sc3cc(/N=C4\C(=O)c5ccccc5C4=C(C#N)C#N)sc23)C(=O)c2ccccc21. The lowest BCUT2D eigenvalue weighted by molar-refractivity contribution is -0.183. The molecule has 0 saturated heterocycles. The third kappa shape index (κ3) is 6.88. The first-order valence-electron chi connectivity index (χ1n) is 21.0. The van der Waals surface area contributed by atoms with Gasteiger partial charge in [-0.15, -0.1) is 45.3 Å². The Morgan fingerprint density at radius 2 is 0.957 bits per heavy atom. The highest BCUT2D eigenvalue weighted by atomic mass is 32.1. The minimum atomic E-state index is -2.59. The molecule has 0 amide bonds. The number of allylic oxidation sites excluding steroid dienone is 4. The van der Waals surface area contributed by atoms with Crippen molar-refractivity contribution in [2.24, 2.45) is 9.98 Å². The lowest BCUT2D eigenvalue weighted by Gasteiger charge is -2.33. The van der Waals surface area contributed by atoms with E-state index in [0.29, 0.717) is 61.4 Å². The summed E-state index contributed by atoms with van der Waals surface area (Å²) in [5, 5.41) is 40.3. The number of esters is 2. The number of fused-ring (bicyclic) bond motifs is 9. The number of aliphatic imine (C=N–C) groups is 2. The van der Waals surface area contributed by atoms with Gasteiger partial charge in [-0.05, 0) is 34.4 Å². The number of Topliss-reactive ketones (excluding diaryl/α,β-unsaturated/α-hetero) is 2. The monoisotopic (exact) mass is 984 g/mol. The molecule has 0 bridgehead atoms. The van der Waals surface area contributed by atoms with Gasteiger partial charge >= 0.3 is 17.5 Å². The lowest BCUT2D eigenvalue weighted by Crippen LogP contribution is -2.52. The number of ketones is 2. The molecule has 0 unspecified atom stereocenters. The van der Waals surface area contributed by atoms with E-state index < -0.39 is 29.1 Å². The summed E-state index contributed by atoms with van der Waals surface area (Å²) in [6.07, 6.45) is 0. The topological polar surface area (TPSA) is 216 Å². The molecular formula is C53H24N6O7S4. The van der Waals surface area contributed by atoms with Crippen LogP contribution in [0.5, 0.6) is 5.75 Å². The number of nitrogens with zero attached hydrogens (tertiary/aromatic N) is 6. The van der Waals surface area contributed by atoms with Gasteiger partial charge in [0.05, 0.1) is 29.4 Å². The second kappa shape index (κ2) is 17.3. The van der Waals surface area contributed by atoms with Crippen molar-refractivity contribution in [2.75, 3.05) is 0 Å². The van der Waals surface area contributed by atoms with Gasteiger partial charge in [0.1, 0.15) is 70.1 Å². The average Bonchev–Trinajstić information content (AvgIpc) is 4.24. The van der Waals surface area contributed by atoms with Gasteiger partial charge in [-0.25, -0.2) is 19.6 Å². The van der Waals surface area contributed by atoms with Crippen molar-refractivity contribution in [3.05, 3.63) is 171 Å². The molecule has 5 heterocycles. The summed E-state index contributed by atoms with van der Waals surface area (Å²) in [6.45, 7) is -0.459. The zero-order valence-corrected chi connectivity index (χ0v) is 38.9. The van der Waals surface area contributed by atoms with E-state index in [1.54, 1.807) is 109 Å². The molecule has 0 atom stereocenters. The molecule has 0 N–H and O–H groups in total. The Balaban J connectivity index is 1.10. The van der Waals surface area contributed by atoms with Gasteiger partial charge < -0.3 is 14.2 Å². The van der Waals surface area contributed by atoms with Crippen molar-refractivity contribution in [3.8, 4) is 39.8 Å². The number of hydrogen-bond acceptors (Lipinski definition) is 17. The first-order valence-corrected chi connectivity index (χ1v) is 24.2. The lowest BCUT2D eigenvalue weighted by atomic mass is 9.90. The van der Waals surface area contributed by atoms with Crippen molar-refractivity contribution < 1.29 is 33.4 Å². The largest absolute Gasteiger partial charge is 0.457 e. The van der Waals surface area contributed by atoms with Crippen LogP contribution in [0.15, 0.2) is 142 Å². The highest BCUT2D eigenvalue weighted by Crippen LogP contribution is 2.62. The third-order valence-corrected chi connectivity index (χ3v) is 16.4. The molecule has 11 rings (SSSR count). The average molecular weight is 985 g/mol. The van der Waals surface area contributed by atoms with Crippen LogP contribution in [0.1, 0.15) is 48.5 Å². The first-order chi connectivity index (χ1) is 34.2. The van der Waals surface area contributed by atoms with Crippen molar-refractivity contribution in [1.29, 1.82) is 21.0 Å². The molecule has 0 spiro atoms. The number of carbonyl (C=O) groups is 4. The van der Waals surface area contributed by atoms with Crippen LogP contribution >= 0.6 is 45.3 Å². The van der Waals surface area contributed by atoms with Crippen LogP contribution in [0.4, 0.5) is 10.0 Å². The van der Waals surface area contributed by atoms with Gasteiger partial charge in [0.2, 0.25) is 11.6 Å². The fraction of sp³-hybridized carbons (Fsp3) is 0.0566. The molecule has 332 valence electrons. The maximum atomic E-state index is 15.2. The van der Waals surface area contributed by atoms with Crippen molar-refractivity contribution in [1.82, 2.24) is 0 Å². The van der Waals surface area contributed by atoms with Crippen LogP contribution in [-0.4, -0.2) is 34.9 Å². The van der Waals surface area contributed by atoms with Gasteiger partial charge in [-0.3, -0.25) is 9.59 Å². The summed E-state index contributed by atoms with van der Waals surface area (Å²) >= 11 is 4.77. The number of benzene rings is 4. The first kappa shape index (κ1) is 43.6. The molecular weight excluding hydrogens is 961 g/mol. The predicted octanol–water partition coefficient (Wildman–Crippen LogP) is 11.5. The predicted molar refractivity (Wildman–Crippen MR) is 265 cm³/mol. The number of hydrogen-bond donors (Lipinski definition) is 0. The van der Waals surface area contributed by atoms with Crippen molar-refractivity contribution >= 4 is 120 Å². The van der Waals surface area contributed by atoms with Gasteiger partial charge in [-0.2, -0.15) is 21.0 Å². The highest BCUT2D eigenvalue weighted by molar-refractivity contribution is 7.36. The standard InChI is InChI=1S/C53H24N6O7S4/c54-21-29(22-55)39-31-15-7-9-17-33(31)44(60)42(39)58-37-19-35-47(69-37)41-49(67-35)50-46(66-53(41,51(62)64-25-27-11-3-1-4-12-27)52(63)65-26-28-13-5-2-6-14-28)48-36(68-50)20-38(70-48)59-43-40(30(23-56)24-57)32-16-8-10-18-34(32)45(43)61/h1-20H,25-26H2/b58-42-,59-43-. The van der Waals surface area contributed by atoms with Gasteiger partial charge in [0.15, 0.2) is 5.75 Å². The Morgan fingerprint density at radius 3 is 1.43 bits per heavy atom. The maximum Gasteiger partial charge on any atom is 0.367 e. The number of carbonyl (C=O) groups excluding carboxylic acids is 4. The van der Waals surface area contributed by atoms with E-state index in [1.807, 2.05) is 36.4 Å². The molecule has 8 aromatic rings. The Labute approximate surface area is 412 Å². The van der Waals surface area contributed by atoms with Crippen molar-refractivity contribution in [3.63, 3.8) is 0 Å². The van der Waals surface area contributed by atoms with E-state index in [1.165, 1.54) is 22.7 Å². The van der Waals surface area contributed by atoms with Crippen molar-refractivity contribution in [2.45, 2.75) is 18.8 Å². The van der Waals surface area contributed by atoms with Crippen LogP contribution in [-0.2, 0) is 37.9 Å². The Bertz CT molecular complexity index is 3870. The third-order valence-electron chi connectivity index (χ3n) is 11.7. The summed E-state index contributed by atoms with van der Waals surface area (Å²) in [7, 11) is 0. The summed E-state index contributed by atoms with van der Waals surface area (Å²) in [6, 6.07) is 42.2. The van der Waals surface area contributed by atoms with E-state index in [9.17, 15) is 30.6 Å². The molecule has 0 saturated carbocycles. The van der Waals surface area contributed by atoms with Crippen LogP contribution in [0.2, 0.25) is 0 Å². The Kier molecular flexibility index (Phi) is 10.8. The minimum absolute atomic E-state index is 0.0752. The van der Waals surface area contributed by atoms with Crippen LogP contribution in [0.25, 0.3) is 39.7 Å². The van der Waals surface area contributed by atoms with E-state index in [0.717, 1.165) is 22.7 Å². The van der Waals surface area contributed by atoms with E-state index >= 15 is 9.59 Å². The number of thiophene rings is 4. The molecule has 0 radical (unpaired) electrons. The fourth-order valence-corrected chi connectivity index (χ4v) is 13.6. The van der Waals surface area contributed by atoms with E-state index in [2.05, 4.69) is 0 Å². The number of nitriles is 4. The van der Waals surface area contributed by atoms with Gasteiger partial charge in [0.25, 0.3) is 0 Å². The van der Waals surface area contributed by atoms with Crippen LogP contribution < -0.4 is 4.74 Å². The second-order valence-electron chi connectivity index (χ2n) is 15.6. The molecule has 2 aliphatic carbocycles.